The Morgan fingerprint density at radius 3 is 1.69 bits per heavy atom. The molecule has 1 aliphatic heterocycles. The minimum Gasteiger partial charge on any atom is -0.389 e. The maximum Gasteiger partial charge on any atom is 0.0429 e. The number of allylic oxidation sites excluding steroid dienone is 3. The number of hydrogen-bond acceptors (Lipinski definition) is 5. The lowest BCUT2D eigenvalue weighted by atomic mass is 9.96. The Bertz CT molecular complexity index is 1010. The SMILES string of the molecule is C=C.C=CCCC(=C)NCCCCC(=C)NCCCCCCCC.CC.CC.CC.CN1Cc2ccccc2CCc2ccccc21.SS. The van der Waals surface area contributed by atoms with E-state index < -0.39 is 0 Å². The molecule has 0 aliphatic carbocycles. The molecule has 49 heavy (non-hydrogen) atoms. The van der Waals surface area contributed by atoms with Crippen molar-refractivity contribution in [3.05, 3.63) is 116 Å². The van der Waals surface area contributed by atoms with Crippen LogP contribution in [0.2, 0.25) is 0 Å². The van der Waals surface area contributed by atoms with Gasteiger partial charge in [0.05, 0.1) is 0 Å². The molecule has 1 aliphatic rings. The summed E-state index contributed by atoms with van der Waals surface area (Å²) in [6.07, 6.45) is 17.8. The Hall–Kier alpha value is -2.50. The zero-order valence-corrected chi connectivity index (χ0v) is 35.2. The zero-order valence-electron chi connectivity index (χ0n) is 33.4. The van der Waals surface area contributed by atoms with Crippen LogP contribution in [0.25, 0.3) is 0 Å². The molecule has 0 spiro atoms. The summed E-state index contributed by atoms with van der Waals surface area (Å²) >= 11 is 6.44. The normalized spacial score (nSPS) is 10.2. The first-order valence-corrected chi connectivity index (χ1v) is 20.6. The molecule has 0 saturated heterocycles. The molecule has 282 valence electrons. The van der Waals surface area contributed by atoms with Crippen molar-refractivity contribution in [2.24, 2.45) is 0 Å². The summed E-state index contributed by atoms with van der Waals surface area (Å²) in [6.45, 7) is 35.2. The van der Waals surface area contributed by atoms with E-state index in [0.29, 0.717) is 0 Å². The van der Waals surface area contributed by atoms with Crippen molar-refractivity contribution in [1.82, 2.24) is 10.6 Å². The van der Waals surface area contributed by atoms with Gasteiger partial charge in [-0.3, -0.25) is 0 Å². The average Bonchev–Trinajstić information content (AvgIpc) is 3.17. The number of anilines is 1. The molecule has 0 unspecified atom stereocenters. The van der Waals surface area contributed by atoms with Crippen LogP contribution in [0.3, 0.4) is 0 Å². The van der Waals surface area contributed by atoms with Crippen molar-refractivity contribution in [3.8, 4) is 0 Å². The van der Waals surface area contributed by atoms with Crippen molar-refractivity contribution >= 4 is 29.0 Å². The predicted octanol–water partition coefficient (Wildman–Crippen LogP) is 13.8. The van der Waals surface area contributed by atoms with Crippen LogP contribution < -0.4 is 15.5 Å². The van der Waals surface area contributed by atoms with Crippen molar-refractivity contribution in [2.45, 2.75) is 138 Å². The van der Waals surface area contributed by atoms with Gasteiger partial charge in [-0.15, -0.1) is 43.1 Å². The van der Waals surface area contributed by atoms with Crippen LogP contribution in [-0.2, 0) is 19.4 Å². The molecule has 5 heteroatoms. The van der Waals surface area contributed by atoms with E-state index >= 15 is 0 Å². The van der Waals surface area contributed by atoms with Crippen LogP contribution in [0, 0.1) is 0 Å². The number of benzene rings is 2. The van der Waals surface area contributed by atoms with E-state index in [2.05, 4.69) is 134 Å². The first-order valence-electron chi connectivity index (χ1n) is 19.0. The fourth-order valence-electron chi connectivity index (χ4n) is 5.01. The van der Waals surface area contributed by atoms with Crippen molar-refractivity contribution in [1.29, 1.82) is 0 Å². The van der Waals surface area contributed by atoms with Crippen LogP contribution in [0.1, 0.15) is 136 Å². The lowest BCUT2D eigenvalue weighted by molar-refractivity contribution is 0.582. The first-order chi connectivity index (χ1) is 24.0. The monoisotopic (exact) mass is 714 g/mol. The molecule has 0 radical (unpaired) electrons. The second-order valence-corrected chi connectivity index (χ2v) is 10.9. The number of nitrogens with one attached hydrogen (secondary N) is 2. The smallest absolute Gasteiger partial charge is 0.0429 e. The molecule has 0 fully saturated rings. The predicted molar refractivity (Wildman–Crippen MR) is 237 cm³/mol. The van der Waals surface area contributed by atoms with Gasteiger partial charge in [0.25, 0.3) is 0 Å². The number of rotatable bonds is 17. The Morgan fingerprint density at radius 2 is 1.12 bits per heavy atom. The van der Waals surface area contributed by atoms with Gasteiger partial charge in [0.1, 0.15) is 0 Å². The van der Waals surface area contributed by atoms with Crippen molar-refractivity contribution in [2.75, 3.05) is 25.0 Å². The van der Waals surface area contributed by atoms with E-state index in [1.165, 1.54) is 79.4 Å². The number of fused-ring (bicyclic) bond motifs is 2. The summed E-state index contributed by atoms with van der Waals surface area (Å²) in [5, 5.41) is 6.83. The van der Waals surface area contributed by atoms with Gasteiger partial charge < -0.3 is 15.5 Å². The molecule has 0 saturated carbocycles. The van der Waals surface area contributed by atoms with Crippen LogP contribution in [0.4, 0.5) is 5.69 Å². The van der Waals surface area contributed by atoms with Gasteiger partial charge in [0, 0.05) is 43.8 Å². The third-order valence-electron chi connectivity index (χ3n) is 7.43. The van der Waals surface area contributed by atoms with Crippen LogP contribution in [0.15, 0.2) is 98.9 Å². The summed E-state index contributed by atoms with van der Waals surface area (Å²) in [4.78, 5) is 2.35. The second kappa shape index (κ2) is 43.5. The minimum atomic E-state index is 0.996. The molecular formula is C44H79N3S2. The molecule has 3 rings (SSSR count). The van der Waals surface area contributed by atoms with E-state index in [4.69, 9.17) is 0 Å². The Balaban J connectivity index is -0.000000333. The summed E-state index contributed by atoms with van der Waals surface area (Å²) in [6, 6.07) is 17.5. The largest absolute Gasteiger partial charge is 0.389 e. The Morgan fingerprint density at radius 1 is 0.673 bits per heavy atom. The topological polar surface area (TPSA) is 27.3 Å². The van der Waals surface area contributed by atoms with E-state index in [9.17, 15) is 0 Å². The highest BCUT2D eigenvalue weighted by Gasteiger charge is 2.13. The molecular weight excluding hydrogens is 635 g/mol. The fourth-order valence-corrected chi connectivity index (χ4v) is 5.01. The van der Waals surface area contributed by atoms with Crippen LogP contribution in [-0.4, -0.2) is 20.1 Å². The number of hydrogen-bond donors (Lipinski definition) is 4. The molecule has 0 amide bonds. The lowest BCUT2D eigenvalue weighted by Gasteiger charge is -2.26. The van der Waals surface area contributed by atoms with E-state index in [-0.39, 0.29) is 0 Å². The maximum atomic E-state index is 4.12. The first kappa shape index (κ1) is 53.3. The zero-order chi connectivity index (χ0) is 38.1. The highest BCUT2D eigenvalue weighted by molar-refractivity contribution is 8.59. The van der Waals surface area contributed by atoms with Crippen LogP contribution in [0.5, 0.6) is 0 Å². The fraction of sp³-hybridized carbons (Fsp3) is 0.545. The molecule has 0 aromatic heterocycles. The van der Waals surface area contributed by atoms with Gasteiger partial charge in [-0.2, -0.15) is 0 Å². The van der Waals surface area contributed by atoms with Gasteiger partial charge in [0.2, 0.25) is 0 Å². The van der Waals surface area contributed by atoms with Gasteiger partial charge in [-0.25, -0.2) is 0 Å². The summed E-state index contributed by atoms with van der Waals surface area (Å²) in [5.74, 6) is 0. The van der Waals surface area contributed by atoms with Gasteiger partial charge in [-0.1, -0.05) is 142 Å². The Kier molecular flexibility index (Phi) is 47.3. The average molecular weight is 714 g/mol. The number of thiol groups is 2. The molecule has 0 atom stereocenters. The number of nitrogens with zero attached hydrogens (tertiary/aromatic N) is 1. The van der Waals surface area contributed by atoms with Gasteiger partial charge >= 0.3 is 0 Å². The highest BCUT2D eigenvalue weighted by Crippen LogP contribution is 2.26. The van der Waals surface area contributed by atoms with Crippen molar-refractivity contribution in [3.63, 3.8) is 0 Å². The molecule has 3 nitrogen and oxygen atoms in total. The third-order valence-corrected chi connectivity index (χ3v) is 7.43. The summed E-state index contributed by atoms with van der Waals surface area (Å²) in [5.41, 5.74) is 8.11. The molecule has 2 N–H and O–H groups in total. The summed E-state index contributed by atoms with van der Waals surface area (Å²) in [7, 11) is 2.18. The number of unbranched alkanes of at least 4 members (excludes halogenated alkanes) is 6. The third kappa shape index (κ3) is 30.1. The molecule has 1 heterocycles. The Labute approximate surface area is 317 Å². The maximum absolute atomic E-state index is 4.12. The molecule has 2 aromatic rings. The number of para-hydroxylation sites is 1. The second-order valence-electron chi connectivity index (χ2n) is 10.9. The van der Waals surface area contributed by atoms with E-state index in [1.807, 2.05) is 47.6 Å². The molecule has 0 bridgehead atoms. The number of aryl methyl sites for hydroxylation is 2. The van der Waals surface area contributed by atoms with Crippen molar-refractivity contribution < 1.29 is 0 Å². The quantitative estimate of drug-likeness (QED) is 0.0569. The van der Waals surface area contributed by atoms with Gasteiger partial charge in [-0.05, 0) is 74.1 Å². The van der Waals surface area contributed by atoms with E-state index in [1.54, 1.807) is 0 Å². The van der Waals surface area contributed by atoms with E-state index in [0.717, 1.165) is 57.4 Å². The van der Waals surface area contributed by atoms with Crippen LogP contribution >= 0.6 is 23.3 Å². The standard InChI is InChI=1S/C20H38N2.C16H17N.3C2H6.C2H4.H2S2/c1-5-7-9-10-11-13-17-21-20(4)16-12-14-18-22-19(3)15-8-6-2;1-17-12-15-8-3-2-6-13(15)10-11-14-7-4-5-9-16(14)17;5*1-2/h6,21-22H,2-5,7-18H2,1H3;2-9H,10-12H2,1H3;3*1-2H3;1-2H2;1-2H. The summed E-state index contributed by atoms with van der Waals surface area (Å²) < 4.78 is 0. The van der Waals surface area contributed by atoms with Gasteiger partial charge in [0.15, 0.2) is 0 Å². The molecule has 2 aromatic carbocycles. The minimum absolute atomic E-state index is 0.996. The lowest BCUT2D eigenvalue weighted by Crippen LogP contribution is -2.21. The highest BCUT2D eigenvalue weighted by atomic mass is 33.1.